The topological polar surface area (TPSA) is 72.2 Å². The molecule has 0 spiro atoms. The third-order valence-electron chi connectivity index (χ3n) is 3.73. The van der Waals surface area contributed by atoms with Crippen molar-refractivity contribution < 1.29 is 8.42 Å². The third-order valence-corrected chi connectivity index (χ3v) is 5.38. The zero-order chi connectivity index (χ0) is 15.6. The SMILES string of the molecule is CC(C)C(C)(C)CNS(=O)(=O)c1ccc(C(N)=S)cc1. The number of sulfonamides is 1. The molecule has 0 unspecified atom stereocenters. The molecular weight excluding hydrogens is 292 g/mol. The number of nitrogens with one attached hydrogen (secondary N) is 1. The van der Waals surface area contributed by atoms with Crippen LogP contribution < -0.4 is 10.5 Å². The van der Waals surface area contributed by atoms with E-state index in [1.165, 1.54) is 12.1 Å². The summed E-state index contributed by atoms with van der Waals surface area (Å²) in [5.41, 5.74) is 6.04. The predicted octanol–water partition coefficient (Wildman–Crippen LogP) is 2.28. The molecule has 0 heterocycles. The van der Waals surface area contributed by atoms with Gasteiger partial charge in [0.15, 0.2) is 0 Å². The van der Waals surface area contributed by atoms with E-state index in [9.17, 15) is 8.42 Å². The molecule has 0 atom stereocenters. The Morgan fingerprint density at radius 3 is 2.20 bits per heavy atom. The molecule has 1 aromatic carbocycles. The molecule has 0 saturated heterocycles. The molecule has 0 fully saturated rings. The lowest BCUT2D eigenvalue weighted by Gasteiger charge is -2.29. The predicted molar refractivity (Wildman–Crippen MR) is 86.1 cm³/mol. The highest BCUT2D eigenvalue weighted by atomic mass is 32.2. The van der Waals surface area contributed by atoms with Gasteiger partial charge in [0.2, 0.25) is 10.0 Å². The summed E-state index contributed by atoms with van der Waals surface area (Å²) in [6.07, 6.45) is 0. The van der Waals surface area contributed by atoms with E-state index >= 15 is 0 Å². The number of thiocarbonyl (C=S) groups is 1. The lowest BCUT2D eigenvalue weighted by atomic mass is 9.81. The normalized spacial score (nSPS) is 12.7. The summed E-state index contributed by atoms with van der Waals surface area (Å²) in [6.45, 7) is 8.62. The molecule has 0 aliphatic carbocycles. The second kappa shape index (κ2) is 6.20. The van der Waals surface area contributed by atoms with Gasteiger partial charge in [-0.25, -0.2) is 13.1 Å². The maximum absolute atomic E-state index is 12.2. The van der Waals surface area contributed by atoms with Crippen LogP contribution in [0, 0.1) is 11.3 Å². The molecule has 0 bridgehead atoms. The van der Waals surface area contributed by atoms with Crippen LogP contribution in [0.3, 0.4) is 0 Å². The van der Waals surface area contributed by atoms with E-state index in [0.717, 1.165) is 0 Å². The Balaban J connectivity index is 2.87. The van der Waals surface area contributed by atoms with Crippen LogP contribution in [0.25, 0.3) is 0 Å². The molecule has 1 rings (SSSR count). The first-order valence-corrected chi connectivity index (χ1v) is 8.35. The Kier molecular flexibility index (Phi) is 5.29. The first-order chi connectivity index (χ1) is 9.06. The number of nitrogens with two attached hydrogens (primary N) is 1. The van der Waals surface area contributed by atoms with E-state index in [-0.39, 0.29) is 15.3 Å². The molecule has 6 heteroatoms. The second-order valence-electron chi connectivity index (χ2n) is 5.86. The summed E-state index contributed by atoms with van der Waals surface area (Å²) in [7, 11) is -3.50. The Morgan fingerprint density at radius 2 is 1.80 bits per heavy atom. The molecule has 112 valence electrons. The van der Waals surface area contributed by atoms with Gasteiger partial charge in [-0.15, -0.1) is 0 Å². The van der Waals surface area contributed by atoms with Crippen LogP contribution in [0.1, 0.15) is 33.3 Å². The van der Waals surface area contributed by atoms with E-state index in [4.69, 9.17) is 18.0 Å². The maximum Gasteiger partial charge on any atom is 0.240 e. The molecule has 0 aromatic heterocycles. The van der Waals surface area contributed by atoms with Crippen molar-refractivity contribution in [3.63, 3.8) is 0 Å². The summed E-state index contributed by atoms with van der Waals surface area (Å²) in [6, 6.07) is 6.26. The van der Waals surface area contributed by atoms with Crippen molar-refractivity contribution >= 4 is 27.2 Å². The van der Waals surface area contributed by atoms with Gasteiger partial charge in [-0.1, -0.05) is 52.0 Å². The van der Waals surface area contributed by atoms with E-state index in [0.29, 0.717) is 18.0 Å². The van der Waals surface area contributed by atoms with Gasteiger partial charge in [0.1, 0.15) is 4.99 Å². The van der Waals surface area contributed by atoms with Crippen molar-refractivity contribution in [1.29, 1.82) is 0 Å². The summed E-state index contributed by atoms with van der Waals surface area (Å²) in [4.78, 5) is 0.472. The van der Waals surface area contributed by atoms with Gasteiger partial charge in [0.05, 0.1) is 4.90 Å². The largest absolute Gasteiger partial charge is 0.389 e. The quantitative estimate of drug-likeness (QED) is 0.790. The third kappa shape index (κ3) is 4.26. The summed E-state index contributed by atoms with van der Waals surface area (Å²) < 4.78 is 27.1. The van der Waals surface area contributed by atoms with E-state index in [1.54, 1.807) is 12.1 Å². The molecule has 0 amide bonds. The molecule has 0 aliphatic heterocycles. The summed E-state index contributed by atoms with van der Waals surface area (Å²) >= 11 is 4.84. The van der Waals surface area contributed by atoms with E-state index < -0.39 is 10.0 Å². The Morgan fingerprint density at radius 1 is 1.30 bits per heavy atom. The van der Waals surface area contributed by atoms with Crippen molar-refractivity contribution in [3.8, 4) is 0 Å². The fraction of sp³-hybridized carbons (Fsp3) is 0.500. The lowest BCUT2D eigenvalue weighted by Crippen LogP contribution is -2.36. The number of rotatable bonds is 6. The van der Waals surface area contributed by atoms with Gasteiger partial charge in [-0.2, -0.15) is 0 Å². The highest BCUT2D eigenvalue weighted by Crippen LogP contribution is 2.25. The molecule has 3 N–H and O–H groups in total. The highest BCUT2D eigenvalue weighted by molar-refractivity contribution is 7.89. The molecule has 1 aromatic rings. The standard InChI is InChI=1S/C14H22N2O2S2/c1-10(2)14(3,4)9-16-20(17,18)12-7-5-11(6-8-12)13(15)19/h5-8,10,16H,9H2,1-4H3,(H2,15,19). The fourth-order valence-corrected chi connectivity index (χ4v) is 2.73. The zero-order valence-electron chi connectivity index (χ0n) is 12.3. The molecule has 0 radical (unpaired) electrons. The van der Waals surface area contributed by atoms with Crippen LogP contribution in [0.15, 0.2) is 29.2 Å². The van der Waals surface area contributed by atoms with Gasteiger partial charge in [-0.05, 0) is 23.5 Å². The minimum atomic E-state index is -3.50. The van der Waals surface area contributed by atoms with Crippen molar-refractivity contribution in [2.45, 2.75) is 32.6 Å². The zero-order valence-corrected chi connectivity index (χ0v) is 13.9. The van der Waals surface area contributed by atoms with Crippen molar-refractivity contribution in [2.75, 3.05) is 6.54 Å². The minimum Gasteiger partial charge on any atom is -0.389 e. The van der Waals surface area contributed by atoms with Crippen LogP contribution in [0.2, 0.25) is 0 Å². The van der Waals surface area contributed by atoms with E-state index in [2.05, 4.69) is 18.6 Å². The van der Waals surface area contributed by atoms with E-state index in [1.807, 2.05) is 13.8 Å². The lowest BCUT2D eigenvalue weighted by molar-refractivity contribution is 0.252. The van der Waals surface area contributed by atoms with Crippen LogP contribution in [-0.2, 0) is 10.0 Å². The van der Waals surface area contributed by atoms with Crippen molar-refractivity contribution in [1.82, 2.24) is 4.72 Å². The average molecular weight is 314 g/mol. The second-order valence-corrected chi connectivity index (χ2v) is 8.06. The Labute approximate surface area is 126 Å². The number of benzene rings is 1. The first-order valence-electron chi connectivity index (χ1n) is 6.46. The summed E-state index contributed by atoms with van der Waals surface area (Å²) in [5, 5.41) is 0. The first kappa shape index (κ1) is 17.1. The van der Waals surface area contributed by atoms with Crippen molar-refractivity contribution in [2.24, 2.45) is 17.1 Å². The number of hydrogen-bond acceptors (Lipinski definition) is 3. The van der Waals surface area contributed by atoms with Gasteiger partial charge >= 0.3 is 0 Å². The number of hydrogen-bond donors (Lipinski definition) is 2. The van der Waals surface area contributed by atoms with Gasteiger partial charge in [-0.3, -0.25) is 0 Å². The molecular formula is C14H22N2O2S2. The molecule has 20 heavy (non-hydrogen) atoms. The highest BCUT2D eigenvalue weighted by Gasteiger charge is 2.25. The average Bonchev–Trinajstić information content (AvgIpc) is 2.36. The van der Waals surface area contributed by atoms with Gasteiger partial charge < -0.3 is 5.73 Å². The van der Waals surface area contributed by atoms with Crippen LogP contribution >= 0.6 is 12.2 Å². The Bertz CT molecular complexity index is 576. The molecule has 4 nitrogen and oxygen atoms in total. The molecule has 0 aliphatic rings. The van der Waals surface area contributed by atoms with Crippen LogP contribution in [-0.4, -0.2) is 20.0 Å². The Hall–Kier alpha value is -0.980. The van der Waals surface area contributed by atoms with Crippen LogP contribution in [0.4, 0.5) is 0 Å². The summed E-state index contributed by atoms with van der Waals surface area (Å²) in [5.74, 6) is 0.377. The fourth-order valence-electron chi connectivity index (χ4n) is 1.37. The monoisotopic (exact) mass is 314 g/mol. The smallest absolute Gasteiger partial charge is 0.240 e. The van der Waals surface area contributed by atoms with Crippen LogP contribution in [0.5, 0.6) is 0 Å². The van der Waals surface area contributed by atoms with Crippen molar-refractivity contribution in [3.05, 3.63) is 29.8 Å². The maximum atomic E-state index is 12.2. The van der Waals surface area contributed by atoms with Gasteiger partial charge in [0.25, 0.3) is 0 Å². The molecule has 0 saturated carbocycles. The minimum absolute atomic E-state index is 0.105. The van der Waals surface area contributed by atoms with Gasteiger partial charge in [0, 0.05) is 12.1 Å².